The maximum atomic E-state index is 14.3. The van der Waals surface area contributed by atoms with Crippen LogP contribution >= 0.6 is 0 Å². The Balaban J connectivity index is 1.27. The maximum Gasteiger partial charge on any atom is 0.409 e. The molecule has 0 aromatic heterocycles. The molecule has 0 spiro atoms. The number of aliphatic hydroxyl groups excluding tert-OH is 1. The van der Waals surface area contributed by atoms with E-state index in [2.05, 4.69) is 32.1 Å². The van der Waals surface area contributed by atoms with Crippen LogP contribution in [0.3, 0.4) is 0 Å². The third kappa shape index (κ3) is 6.77. The highest BCUT2D eigenvalue weighted by Crippen LogP contribution is 2.62. The molecule has 9 rings (SSSR count). The molecule has 7 aliphatic rings. The second kappa shape index (κ2) is 13.6. The number of hydrogen-bond donors (Lipinski definition) is 2. The number of ether oxygens (including phenoxy) is 1. The molecule has 0 saturated heterocycles. The van der Waals surface area contributed by atoms with Gasteiger partial charge < -0.3 is 19.8 Å². The first-order valence-electron chi connectivity index (χ1n) is 19.2. The van der Waals surface area contributed by atoms with Crippen LogP contribution in [0.1, 0.15) is 131 Å². The van der Waals surface area contributed by atoms with E-state index in [0.29, 0.717) is 43.5 Å². The summed E-state index contributed by atoms with van der Waals surface area (Å²) in [6, 6.07) is 15.6. The molecule has 7 aliphatic carbocycles. The topological polar surface area (TPSA) is 87.1 Å². The standard InChI is InChI=1S/C43H57NO5/c1-4-49-40(47)44(27-42-24-31-19-32(25-42)21-33(20-31)26-42)28-43(48)18-16-38-36-15-13-30(23-37(36)39(46)34-10-6-5-7-11-34)22-35(45)14-12-29(2)9-8-17-41(38,43)3/h5-7,9-11,13,15,23,31-33,35,38,45,48H,4,8,12,14,16-22,24-28H2,1-3H3. The number of carbonyl (C=O) groups excluding carboxylic acids is 2. The van der Waals surface area contributed by atoms with Gasteiger partial charge in [0.15, 0.2) is 5.78 Å². The van der Waals surface area contributed by atoms with Gasteiger partial charge in [-0.3, -0.25) is 4.79 Å². The minimum atomic E-state index is -1.16. The predicted octanol–water partition coefficient (Wildman–Crippen LogP) is 8.63. The van der Waals surface area contributed by atoms with E-state index in [1.807, 2.05) is 48.2 Å². The lowest BCUT2D eigenvalue weighted by molar-refractivity contribution is -0.103. The van der Waals surface area contributed by atoms with Crippen molar-refractivity contribution in [1.29, 1.82) is 0 Å². The molecule has 0 aliphatic heterocycles. The highest BCUT2D eigenvalue weighted by atomic mass is 16.6. The highest BCUT2D eigenvalue weighted by molar-refractivity contribution is 6.10. The van der Waals surface area contributed by atoms with Crippen molar-refractivity contribution in [3.05, 3.63) is 82.4 Å². The zero-order valence-corrected chi connectivity index (χ0v) is 30.0. The lowest BCUT2D eigenvalue weighted by Gasteiger charge is -2.58. The number of hydrogen-bond acceptors (Lipinski definition) is 5. The monoisotopic (exact) mass is 667 g/mol. The van der Waals surface area contributed by atoms with E-state index in [-0.39, 0.29) is 29.8 Å². The quantitative estimate of drug-likeness (QED) is 0.228. The van der Waals surface area contributed by atoms with Gasteiger partial charge in [-0.2, -0.15) is 0 Å². The molecule has 2 N–H and O–H groups in total. The van der Waals surface area contributed by atoms with E-state index in [1.165, 1.54) is 44.1 Å². The zero-order chi connectivity index (χ0) is 34.4. The molecule has 49 heavy (non-hydrogen) atoms. The Morgan fingerprint density at radius 3 is 2.31 bits per heavy atom. The Labute approximate surface area is 293 Å². The highest BCUT2D eigenvalue weighted by Gasteiger charge is 2.59. The van der Waals surface area contributed by atoms with Gasteiger partial charge in [0.1, 0.15) is 0 Å². The van der Waals surface area contributed by atoms with E-state index in [4.69, 9.17) is 4.74 Å². The average molecular weight is 668 g/mol. The van der Waals surface area contributed by atoms with Crippen molar-refractivity contribution in [3.63, 3.8) is 0 Å². The molecule has 0 radical (unpaired) electrons. The van der Waals surface area contributed by atoms with Crippen molar-refractivity contribution in [3.8, 4) is 0 Å². The molecular weight excluding hydrogens is 610 g/mol. The van der Waals surface area contributed by atoms with Crippen LogP contribution in [0, 0.1) is 28.6 Å². The number of ketones is 1. The molecule has 4 atom stereocenters. The SMILES string of the molecule is CCOC(=O)N(CC12CC3CC(CC(C3)C1)C2)CC1(O)CCC2c3ccc(cc3C(=O)c3ccccc3)CC(O)CCC(C)=CCCC21C. The van der Waals surface area contributed by atoms with Crippen LogP contribution in [-0.2, 0) is 11.2 Å². The molecule has 1 amide bonds. The number of amides is 1. The summed E-state index contributed by atoms with van der Waals surface area (Å²) >= 11 is 0. The van der Waals surface area contributed by atoms with E-state index in [1.54, 1.807) is 0 Å². The summed E-state index contributed by atoms with van der Waals surface area (Å²) in [7, 11) is 0. The smallest absolute Gasteiger partial charge is 0.409 e. The fraction of sp³-hybridized carbons (Fsp3) is 0.628. The number of carbonyl (C=O) groups is 2. The van der Waals surface area contributed by atoms with Crippen molar-refractivity contribution in [2.45, 2.75) is 122 Å². The van der Waals surface area contributed by atoms with Crippen LogP contribution in [0.2, 0.25) is 0 Å². The molecule has 2 aromatic carbocycles. The van der Waals surface area contributed by atoms with Crippen molar-refractivity contribution in [2.24, 2.45) is 28.6 Å². The fourth-order valence-electron chi connectivity index (χ4n) is 11.5. The number of fused-ring (bicyclic) bond motifs is 8. The lowest BCUT2D eigenvalue weighted by Crippen LogP contribution is -2.58. The number of nitrogens with zero attached hydrogens (tertiary/aromatic N) is 1. The first kappa shape index (κ1) is 34.5. The number of aliphatic hydroxyl groups is 2. The van der Waals surface area contributed by atoms with Crippen molar-refractivity contribution in [2.75, 3.05) is 19.7 Å². The summed E-state index contributed by atoms with van der Waals surface area (Å²) in [4.78, 5) is 30.0. The van der Waals surface area contributed by atoms with Gasteiger partial charge in [-0.05, 0) is 144 Å². The largest absolute Gasteiger partial charge is 0.450 e. The average Bonchev–Trinajstić information content (AvgIpc) is 3.31. The molecule has 0 heterocycles. The van der Waals surface area contributed by atoms with Crippen LogP contribution in [0.5, 0.6) is 0 Å². The molecule has 4 unspecified atom stereocenters. The van der Waals surface area contributed by atoms with Crippen LogP contribution in [0.25, 0.3) is 0 Å². The Morgan fingerprint density at radius 2 is 1.63 bits per heavy atom. The number of allylic oxidation sites excluding steroid dienone is 2. The second-order valence-corrected chi connectivity index (χ2v) is 17.1. The third-order valence-corrected chi connectivity index (χ3v) is 13.6. The van der Waals surface area contributed by atoms with Crippen LogP contribution in [0.4, 0.5) is 4.79 Å². The normalized spacial score (nSPS) is 35.4. The van der Waals surface area contributed by atoms with Gasteiger partial charge in [0.2, 0.25) is 0 Å². The molecule has 5 fully saturated rings. The van der Waals surface area contributed by atoms with E-state index in [0.717, 1.165) is 54.6 Å². The van der Waals surface area contributed by atoms with Gasteiger partial charge in [0.25, 0.3) is 0 Å². The van der Waals surface area contributed by atoms with Gasteiger partial charge in [-0.15, -0.1) is 0 Å². The third-order valence-electron chi connectivity index (χ3n) is 13.6. The van der Waals surface area contributed by atoms with Gasteiger partial charge >= 0.3 is 6.09 Å². The molecule has 2 aromatic rings. The minimum absolute atomic E-state index is 0.0254. The van der Waals surface area contributed by atoms with Crippen LogP contribution in [-0.4, -0.2) is 58.4 Å². The first-order chi connectivity index (χ1) is 23.5. The predicted molar refractivity (Wildman–Crippen MR) is 192 cm³/mol. The Morgan fingerprint density at radius 1 is 0.939 bits per heavy atom. The lowest BCUT2D eigenvalue weighted by atomic mass is 9.49. The van der Waals surface area contributed by atoms with Crippen molar-refractivity contribution in [1.82, 2.24) is 4.90 Å². The van der Waals surface area contributed by atoms with E-state index >= 15 is 0 Å². The van der Waals surface area contributed by atoms with Gasteiger partial charge in [0.05, 0.1) is 24.9 Å². The minimum Gasteiger partial charge on any atom is -0.450 e. The molecule has 264 valence electrons. The van der Waals surface area contributed by atoms with Crippen molar-refractivity contribution < 1.29 is 24.5 Å². The summed E-state index contributed by atoms with van der Waals surface area (Å²) in [5.74, 6) is 2.20. The first-order valence-corrected chi connectivity index (χ1v) is 19.2. The summed E-state index contributed by atoms with van der Waals surface area (Å²) in [5, 5.41) is 24.0. The van der Waals surface area contributed by atoms with Crippen LogP contribution < -0.4 is 0 Å². The number of benzene rings is 2. The molecule has 5 saturated carbocycles. The molecule has 6 nitrogen and oxygen atoms in total. The maximum absolute atomic E-state index is 14.3. The summed E-state index contributed by atoms with van der Waals surface area (Å²) in [5.41, 5.74) is 2.83. The van der Waals surface area contributed by atoms with E-state index in [9.17, 15) is 19.8 Å². The summed E-state index contributed by atoms with van der Waals surface area (Å²) < 4.78 is 5.72. The summed E-state index contributed by atoms with van der Waals surface area (Å²) in [6.07, 6.45) is 13.8. The molecule has 6 heteroatoms. The van der Waals surface area contributed by atoms with Gasteiger partial charge in [-0.1, -0.05) is 61.0 Å². The van der Waals surface area contributed by atoms with Crippen molar-refractivity contribution >= 4 is 11.9 Å². The van der Waals surface area contributed by atoms with E-state index < -0.39 is 17.1 Å². The molecule has 6 bridgehead atoms. The summed E-state index contributed by atoms with van der Waals surface area (Å²) in [6.45, 7) is 7.43. The zero-order valence-electron chi connectivity index (χ0n) is 30.0. The number of rotatable bonds is 7. The Hall–Kier alpha value is -2.96. The second-order valence-electron chi connectivity index (χ2n) is 17.1. The van der Waals surface area contributed by atoms with Crippen LogP contribution in [0.15, 0.2) is 60.2 Å². The Kier molecular flexibility index (Phi) is 9.60. The fourth-order valence-corrected chi connectivity index (χ4v) is 11.5. The van der Waals surface area contributed by atoms with Gasteiger partial charge in [0, 0.05) is 23.1 Å². The Bertz CT molecular complexity index is 1530. The van der Waals surface area contributed by atoms with Gasteiger partial charge in [-0.25, -0.2) is 4.79 Å². The molecular formula is C43H57NO5.